The second kappa shape index (κ2) is 51.3. The molecule has 512 valence electrons. The van der Waals surface area contributed by atoms with E-state index in [-0.39, 0.29) is 52.0 Å². The van der Waals surface area contributed by atoms with Crippen molar-refractivity contribution in [3.05, 3.63) is 71.8 Å². The van der Waals surface area contributed by atoms with Gasteiger partial charge in [0.15, 0.2) is 0 Å². The van der Waals surface area contributed by atoms with Crippen LogP contribution in [0.25, 0.3) is 0 Å². The SMILES string of the molecule is C.C.C.C.C.C.C.CC(C(C)(C)C)C(C)(C)C.CC(C)(C)CC(C)(C)C.CC(C)(C)Cc1ccccc1.CC(C)(C)Cc1ccccc1.CC(C)C(C)C(C)(C)C.CC(C)CC(C)(C)C.CCC(CC)CC(C)(C)C.COCCC(C)(C)C. The lowest BCUT2D eigenvalue weighted by molar-refractivity contribution is 0.121. The first-order valence-corrected chi connectivity index (χ1v) is 30.9. The maximum atomic E-state index is 4.92. The Balaban J connectivity index is -0.0000000608. The van der Waals surface area contributed by atoms with Gasteiger partial charge in [-0.2, -0.15) is 0 Å². The lowest BCUT2D eigenvalue weighted by Gasteiger charge is -2.38. The standard InChI is InChI=1S/2C11H16.2C10H22.2C9H20.C8H18.C7H16O.7CH4/c2*1-11(2,3)9-10-7-5-4-6-8-10;1-8(9(2,3)4)10(5,6)7;1-6-9(7-2)8-10(3,4)5;1-8(2,3)7-9(4,5)6;1-7(2)8(3)9(4,5)6;1-7(2)6-8(3,4)5;1-7(2,3)5-6-8-4;;;;;;;/h2*4-8H,9H2,1-3H3;8H,1-7H3;9H,6-8H2,1-5H3;7H2,1-6H3;7-8H,1-6H3;7H,6H2,1-5H3;5-6H2,1-4H3;7*1H4. The summed E-state index contributed by atoms with van der Waals surface area (Å²) in [4.78, 5) is 0. The van der Waals surface area contributed by atoms with Crippen LogP contribution in [-0.2, 0) is 17.6 Å². The third-order valence-corrected chi connectivity index (χ3v) is 13.3. The van der Waals surface area contributed by atoms with E-state index in [0.717, 1.165) is 55.5 Å². The molecule has 0 N–H and O–H groups in total. The van der Waals surface area contributed by atoms with E-state index in [1.54, 1.807) is 7.11 Å². The van der Waals surface area contributed by atoms with Gasteiger partial charge in [-0.3, -0.25) is 0 Å². The second-order valence-electron chi connectivity index (χ2n) is 35.5. The smallest absolute Gasteiger partial charge is 0.0467 e. The largest absolute Gasteiger partial charge is 0.385 e. The maximum absolute atomic E-state index is 4.92. The van der Waals surface area contributed by atoms with Crippen molar-refractivity contribution in [1.29, 1.82) is 0 Å². The summed E-state index contributed by atoms with van der Waals surface area (Å²) < 4.78 is 4.92. The fraction of sp³-hybridized carbons (Fsp3) is 0.854. The Bertz CT molecular complexity index is 1470. The molecular weight excluding hydrogens is 1000 g/mol. The van der Waals surface area contributed by atoms with Crippen LogP contribution >= 0.6 is 0 Å². The molecule has 0 bridgehead atoms. The average Bonchev–Trinajstić information content (AvgIpc) is 3.16. The van der Waals surface area contributed by atoms with Gasteiger partial charge in [-0.15, -0.1) is 0 Å². The lowest BCUT2D eigenvalue weighted by atomic mass is 9.68. The van der Waals surface area contributed by atoms with E-state index < -0.39 is 0 Å². The summed E-state index contributed by atoms with van der Waals surface area (Å²) in [5.41, 5.74) is 7.48. The quantitative estimate of drug-likeness (QED) is 0.243. The first-order chi connectivity index (χ1) is 33.3. The van der Waals surface area contributed by atoms with Crippen LogP contribution in [0.15, 0.2) is 60.7 Å². The molecule has 2 aromatic rings. The number of hydrogen-bond acceptors (Lipinski definition) is 1. The summed E-state index contributed by atoms with van der Waals surface area (Å²) in [6.07, 6.45) is 10.1. The second-order valence-corrected chi connectivity index (χ2v) is 35.5. The van der Waals surface area contributed by atoms with Gasteiger partial charge >= 0.3 is 0 Å². The van der Waals surface area contributed by atoms with Gasteiger partial charge in [-0.1, -0.05) is 389 Å². The summed E-state index contributed by atoms with van der Waals surface area (Å²) in [6, 6.07) is 21.3. The summed E-state index contributed by atoms with van der Waals surface area (Å²) in [5.74, 6) is 4.18. The Morgan fingerprint density at radius 3 is 0.711 bits per heavy atom. The molecule has 0 aliphatic carbocycles. The van der Waals surface area contributed by atoms with Gasteiger partial charge in [0.05, 0.1) is 0 Å². The third-order valence-electron chi connectivity index (χ3n) is 13.3. The van der Waals surface area contributed by atoms with Crippen LogP contribution in [0.4, 0.5) is 0 Å². The van der Waals surface area contributed by atoms with Crippen molar-refractivity contribution in [3.8, 4) is 0 Å². The fourth-order valence-corrected chi connectivity index (χ4v) is 9.38. The molecule has 0 aliphatic rings. The van der Waals surface area contributed by atoms with E-state index in [9.17, 15) is 0 Å². The Morgan fingerprint density at radius 1 is 0.349 bits per heavy atom. The minimum Gasteiger partial charge on any atom is -0.385 e. The number of rotatable bonds is 9. The van der Waals surface area contributed by atoms with Crippen LogP contribution in [0.1, 0.15) is 365 Å². The number of benzene rings is 2. The van der Waals surface area contributed by atoms with Gasteiger partial charge in [0.2, 0.25) is 0 Å². The van der Waals surface area contributed by atoms with Crippen LogP contribution in [-0.4, -0.2) is 13.7 Å². The molecule has 1 nitrogen and oxygen atoms in total. The van der Waals surface area contributed by atoms with E-state index in [0.29, 0.717) is 54.1 Å². The highest BCUT2D eigenvalue weighted by Crippen LogP contribution is 2.39. The highest BCUT2D eigenvalue weighted by Gasteiger charge is 2.30. The maximum Gasteiger partial charge on any atom is 0.0467 e. The van der Waals surface area contributed by atoms with Gasteiger partial charge in [-0.05, 0) is 133 Å². The zero-order valence-corrected chi connectivity index (χ0v) is 60.4. The molecule has 0 radical (unpaired) electrons. The monoisotopic (exact) mass is 1180 g/mol. The van der Waals surface area contributed by atoms with Gasteiger partial charge in [0.25, 0.3) is 0 Å². The molecule has 0 heterocycles. The highest BCUT2D eigenvalue weighted by molar-refractivity contribution is 5.16. The van der Waals surface area contributed by atoms with Crippen molar-refractivity contribution >= 4 is 0 Å². The Morgan fingerprint density at radius 2 is 0.627 bits per heavy atom. The molecule has 2 aromatic carbocycles. The highest BCUT2D eigenvalue weighted by atomic mass is 16.5. The molecule has 83 heavy (non-hydrogen) atoms. The van der Waals surface area contributed by atoms with Crippen molar-refractivity contribution in [2.45, 2.75) is 366 Å². The minimum absolute atomic E-state index is 0. The third kappa shape index (κ3) is 96.9. The number of ether oxygens (including phenoxy) is 1. The molecule has 0 saturated heterocycles. The zero-order valence-electron chi connectivity index (χ0n) is 60.4. The molecule has 0 fully saturated rings. The predicted octanol–water partition coefficient (Wildman–Crippen LogP) is 30.5. The molecule has 2 rings (SSSR count). The van der Waals surface area contributed by atoms with Crippen molar-refractivity contribution in [1.82, 2.24) is 0 Å². The van der Waals surface area contributed by atoms with Gasteiger partial charge in [0.1, 0.15) is 0 Å². The fourth-order valence-electron chi connectivity index (χ4n) is 9.38. The topological polar surface area (TPSA) is 9.23 Å². The summed E-state index contributed by atoms with van der Waals surface area (Å²) in [6.45, 7) is 87.8. The van der Waals surface area contributed by atoms with Crippen LogP contribution in [0.5, 0.6) is 0 Å². The van der Waals surface area contributed by atoms with E-state index in [4.69, 9.17) is 4.74 Å². The molecule has 1 heteroatoms. The first kappa shape index (κ1) is 112. The van der Waals surface area contributed by atoms with E-state index >= 15 is 0 Å². The van der Waals surface area contributed by atoms with Crippen LogP contribution < -0.4 is 0 Å². The number of methoxy groups -OCH3 is 1. The van der Waals surface area contributed by atoms with Gasteiger partial charge in [0, 0.05) is 13.7 Å². The molecule has 0 saturated carbocycles. The Hall–Kier alpha value is -1.60. The molecule has 0 spiro atoms. The van der Waals surface area contributed by atoms with Crippen molar-refractivity contribution in [2.24, 2.45) is 83.7 Å². The number of hydrogen-bond donors (Lipinski definition) is 0. The van der Waals surface area contributed by atoms with Crippen molar-refractivity contribution in [2.75, 3.05) is 13.7 Å². The van der Waals surface area contributed by atoms with E-state index in [1.165, 1.54) is 43.2 Å². The molecule has 0 amide bonds. The molecule has 0 aliphatic heterocycles. The van der Waals surface area contributed by atoms with Crippen LogP contribution in [0.2, 0.25) is 0 Å². The van der Waals surface area contributed by atoms with Crippen molar-refractivity contribution < 1.29 is 4.74 Å². The Labute approximate surface area is 537 Å². The molecule has 1 unspecified atom stereocenters. The van der Waals surface area contributed by atoms with Gasteiger partial charge in [-0.25, -0.2) is 0 Å². The van der Waals surface area contributed by atoms with E-state index in [1.807, 2.05) is 0 Å². The van der Waals surface area contributed by atoms with Crippen LogP contribution in [0.3, 0.4) is 0 Å². The normalized spacial score (nSPS) is 12.0. The molecular formula is C82H178O. The van der Waals surface area contributed by atoms with E-state index in [2.05, 4.69) is 324 Å². The summed E-state index contributed by atoms with van der Waals surface area (Å²) >= 11 is 0. The lowest BCUT2D eigenvalue weighted by Crippen LogP contribution is -2.29. The van der Waals surface area contributed by atoms with Crippen molar-refractivity contribution in [3.63, 3.8) is 0 Å². The average molecular weight is 1180 g/mol. The minimum atomic E-state index is 0. The molecule has 1 atom stereocenters. The van der Waals surface area contributed by atoms with Crippen LogP contribution in [0, 0.1) is 83.7 Å². The predicted molar refractivity (Wildman–Crippen MR) is 404 cm³/mol. The van der Waals surface area contributed by atoms with Gasteiger partial charge < -0.3 is 4.74 Å². The summed E-state index contributed by atoms with van der Waals surface area (Å²) in [5, 5.41) is 0. The molecule has 0 aromatic heterocycles. The zero-order chi connectivity index (χ0) is 62.2. The Kier molecular flexibility index (Phi) is 69.5. The summed E-state index contributed by atoms with van der Waals surface area (Å²) in [7, 11) is 1.74. The first-order valence-electron chi connectivity index (χ1n) is 30.9.